The normalized spacial score (nSPS) is 17.0. The summed E-state index contributed by atoms with van der Waals surface area (Å²) in [7, 11) is 1.53. The summed E-state index contributed by atoms with van der Waals surface area (Å²) in [6.45, 7) is 0.547. The van der Waals surface area contributed by atoms with Crippen LogP contribution in [0.3, 0.4) is 0 Å². The van der Waals surface area contributed by atoms with Gasteiger partial charge in [0.15, 0.2) is 0 Å². The zero-order valence-corrected chi connectivity index (χ0v) is 12.1. The number of hydrazine groups is 1. The largest absolute Gasteiger partial charge is 0.478 e. The highest BCUT2D eigenvalue weighted by atomic mass is 16.4. The van der Waals surface area contributed by atoms with E-state index in [1.54, 1.807) is 12.1 Å². The highest BCUT2D eigenvalue weighted by molar-refractivity contribution is 5.89. The summed E-state index contributed by atoms with van der Waals surface area (Å²) in [5.41, 5.74) is 5.98. The summed E-state index contributed by atoms with van der Waals surface area (Å²) in [5, 5.41) is 11.3. The van der Waals surface area contributed by atoms with Crippen molar-refractivity contribution < 1.29 is 19.5 Å². The van der Waals surface area contributed by atoms with E-state index in [1.165, 1.54) is 24.1 Å². The minimum Gasteiger partial charge on any atom is -0.478 e. The number of nitrogens with zero attached hydrogens (tertiary/aromatic N) is 1. The number of likely N-dealkylation sites (tertiary alicyclic amines) is 1. The maximum absolute atomic E-state index is 12.1. The molecular weight excluding hydrogens is 288 g/mol. The molecule has 118 valence electrons. The number of urea groups is 1. The van der Waals surface area contributed by atoms with E-state index in [2.05, 4.69) is 16.2 Å². The Morgan fingerprint density at radius 2 is 1.91 bits per heavy atom. The number of rotatable bonds is 4. The van der Waals surface area contributed by atoms with Gasteiger partial charge in [0.05, 0.1) is 11.3 Å². The number of carboxylic acid groups (broad SMARTS) is 1. The summed E-state index contributed by atoms with van der Waals surface area (Å²) < 4.78 is 0. The van der Waals surface area contributed by atoms with Crippen LogP contribution >= 0.6 is 0 Å². The van der Waals surface area contributed by atoms with Crippen LogP contribution in [0.15, 0.2) is 24.3 Å². The summed E-state index contributed by atoms with van der Waals surface area (Å²) >= 11 is 0. The number of hydrogen-bond acceptors (Lipinski definition) is 4. The average Bonchev–Trinajstić information content (AvgIpc) is 3.01. The molecule has 0 unspecified atom stereocenters. The van der Waals surface area contributed by atoms with Crippen molar-refractivity contribution >= 4 is 23.6 Å². The van der Waals surface area contributed by atoms with Crippen molar-refractivity contribution in [1.29, 1.82) is 0 Å². The lowest BCUT2D eigenvalue weighted by Gasteiger charge is -2.23. The van der Waals surface area contributed by atoms with Crippen molar-refractivity contribution in [2.75, 3.05) is 19.0 Å². The van der Waals surface area contributed by atoms with Crippen LogP contribution < -0.4 is 16.2 Å². The summed E-state index contributed by atoms with van der Waals surface area (Å²) in [4.78, 5) is 36.0. The van der Waals surface area contributed by atoms with Crippen molar-refractivity contribution in [2.24, 2.45) is 0 Å². The molecule has 2 rings (SSSR count). The fourth-order valence-corrected chi connectivity index (χ4v) is 2.34. The second-order valence-electron chi connectivity index (χ2n) is 4.90. The first-order valence-electron chi connectivity index (χ1n) is 6.90. The summed E-state index contributed by atoms with van der Waals surface area (Å²) in [6, 6.07) is 5.19. The molecule has 0 bridgehead atoms. The third kappa shape index (κ3) is 3.46. The predicted octanol–water partition coefficient (Wildman–Crippen LogP) is 0.632. The molecule has 1 fully saturated rings. The number of nitrogens with one attached hydrogen (secondary N) is 3. The third-order valence-corrected chi connectivity index (χ3v) is 3.49. The molecule has 0 saturated carbocycles. The van der Waals surface area contributed by atoms with E-state index in [0.29, 0.717) is 18.7 Å². The number of amides is 3. The van der Waals surface area contributed by atoms with Crippen LogP contribution in [-0.2, 0) is 4.79 Å². The van der Waals surface area contributed by atoms with Crippen LogP contribution in [-0.4, -0.2) is 47.5 Å². The molecule has 0 spiro atoms. The van der Waals surface area contributed by atoms with E-state index in [-0.39, 0.29) is 17.5 Å². The van der Waals surface area contributed by atoms with Gasteiger partial charge in [-0.15, -0.1) is 0 Å². The second-order valence-corrected chi connectivity index (χ2v) is 4.90. The smallest absolute Gasteiger partial charge is 0.335 e. The second kappa shape index (κ2) is 6.79. The number of anilines is 1. The maximum atomic E-state index is 12.1. The molecule has 0 radical (unpaired) electrons. The molecule has 0 aliphatic carbocycles. The van der Waals surface area contributed by atoms with E-state index in [1.807, 2.05) is 0 Å². The van der Waals surface area contributed by atoms with E-state index in [9.17, 15) is 14.4 Å². The molecule has 8 nitrogen and oxygen atoms in total. The Hall–Kier alpha value is -2.77. The van der Waals surface area contributed by atoms with E-state index >= 15 is 0 Å². The van der Waals surface area contributed by atoms with Crippen molar-refractivity contribution in [3.63, 3.8) is 0 Å². The van der Waals surface area contributed by atoms with Gasteiger partial charge in [-0.2, -0.15) is 0 Å². The van der Waals surface area contributed by atoms with E-state index < -0.39 is 12.0 Å². The minimum atomic E-state index is -1.01. The molecule has 1 aromatic carbocycles. The van der Waals surface area contributed by atoms with Crippen LogP contribution in [0, 0.1) is 0 Å². The quantitative estimate of drug-likeness (QED) is 0.610. The fraction of sp³-hybridized carbons (Fsp3) is 0.357. The molecule has 0 aromatic heterocycles. The van der Waals surface area contributed by atoms with Crippen LogP contribution in [0.25, 0.3) is 0 Å². The Morgan fingerprint density at radius 3 is 2.50 bits per heavy atom. The third-order valence-electron chi connectivity index (χ3n) is 3.49. The first-order valence-corrected chi connectivity index (χ1v) is 6.90. The Labute approximate surface area is 127 Å². The van der Waals surface area contributed by atoms with Gasteiger partial charge in [0.1, 0.15) is 6.04 Å². The lowest BCUT2D eigenvalue weighted by Crippen LogP contribution is -2.49. The number of carbonyl (C=O) groups excluding carboxylic acids is 2. The van der Waals surface area contributed by atoms with Gasteiger partial charge >= 0.3 is 12.0 Å². The van der Waals surface area contributed by atoms with Crippen molar-refractivity contribution in [1.82, 2.24) is 15.6 Å². The molecule has 4 N–H and O–H groups in total. The zero-order chi connectivity index (χ0) is 16.1. The van der Waals surface area contributed by atoms with Gasteiger partial charge in [-0.1, -0.05) is 0 Å². The van der Waals surface area contributed by atoms with Crippen LogP contribution in [0.5, 0.6) is 0 Å². The molecule has 1 aromatic rings. The van der Waals surface area contributed by atoms with E-state index in [0.717, 1.165) is 6.42 Å². The van der Waals surface area contributed by atoms with Gasteiger partial charge in [-0.05, 0) is 37.1 Å². The van der Waals surface area contributed by atoms with Gasteiger partial charge in [0, 0.05) is 13.6 Å². The monoisotopic (exact) mass is 306 g/mol. The number of carboxylic acids is 1. The van der Waals surface area contributed by atoms with Crippen LogP contribution in [0.2, 0.25) is 0 Å². The molecule has 1 aliphatic rings. The molecule has 22 heavy (non-hydrogen) atoms. The average molecular weight is 306 g/mol. The van der Waals surface area contributed by atoms with Crippen molar-refractivity contribution in [3.8, 4) is 0 Å². The molecular formula is C14H18N4O4. The molecule has 1 atom stereocenters. The number of benzene rings is 1. The predicted molar refractivity (Wildman–Crippen MR) is 79.4 cm³/mol. The Bertz CT molecular complexity index is 573. The maximum Gasteiger partial charge on any atom is 0.335 e. The van der Waals surface area contributed by atoms with E-state index in [4.69, 9.17) is 5.11 Å². The van der Waals surface area contributed by atoms with Crippen LogP contribution in [0.4, 0.5) is 10.5 Å². The summed E-state index contributed by atoms with van der Waals surface area (Å²) in [5.74, 6) is -1.31. The van der Waals surface area contributed by atoms with Gasteiger partial charge < -0.3 is 15.3 Å². The molecule has 8 heteroatoms. The number of carbonyl (C=O) groups is 3. The van der Waals surface area contributed by atoms with Gasteiger partial charge in [-0.3, -0.25) is 15.6 Å². The number of aromatic carboxylic acids is 1. The first-order chi connectivity index (χ1) is 10.5. The number of hydrogen-bond donors (Lipinski definition) is 4. The van der Waals surface area contributed by atoms with Gasteiger partial charge in [-0.25, -0.2) is 9.59 Å². The molecule has 1 aliphatic heterocycles. The lowest BCUT2D eigenvalue weighted by molar-refractivity contribution is -0.124. The SMILES string of the molecule is CNC(=O)N1CCC[C@H]1C(=O)NNc1ccc(C(=O)O)cc1. The molecule has 3 amide bonds. The lowest BCUT2D eigenvalue weighted by atomic mass is 10.2. The topological polar surface area (TPSA) is 111 Å². The van der Waals surface area contributed by atoms with Gasteiger partial charge in [0.25, 0.3) is 5.91 Å². The fourth-order valence-electron chi connectivity index (χ4n) is 2.34. The Balaban J connectivity index is 1.92. The summed E-state index contributed by atoms with van der Waals surface area (Å²) in [6.07, 6.45) is 1.39. The van der Waals surface area contributed by atoms with Crippen molar-refractivity contribution in [2.45, 2.75) is 18.9 Å². The first kappa shape index (κ1) is 15.6. The standard InChI is InChI=1S/C14H18N4O4/c1-15-14(22)18-8-2-3-11(18)12(19)17-16-10-6-4-9(5-7-10)13(20)21/h4-7,11,16H,2-3,8H2,1H3,(H,15,22)(H,17,19)(H,20,21)/t11-/m0/s1. The molecule has 1 heterocycles. The van der Waals surface area contributed by atoms with Crippen LogP contribution in [0.1, 0.15) is 23.2 Å². The minimum absolute atomic E-state index is 0.165. The Kier molecular flexibility index (Phi) is 4.82. The van der Waals surface area contributed by atoms with Gasteiger partial charge in [0.2, 0.25) is 0 Å². The Morgan fingerprint density at radius 1 is 1.23 bits per heavy atom. The van der Waals surface area contributed by atoms with Crippen molar-refractivity contribution in [3.05, 3.63) is 29.8 Å². The highest BCUT2D eigenvalue weighted by Gasteiger charge is 2.33. The zero-order valence-electron chi connectivity index (χ0n) is 12.1. The highest BCUT2D eigenvalue weighted by Crippen LogP contribution is 2.17. The molecule has 1 saturated heterocycles.